The fourth-order valence-corrected chi connectivity index (χ4v) is 2.79. The van der Waals surface area contributed by atoms with Crippen LogP contribution in [0.5, 0.6) is 0 Å². The van der Waals surface area contributed by atoms with Gasteiger partial charge in [0.1, 0.15) is 5.54 Å². The van der Waals surface area contributed by atoms with Crippen molar-refractivity contribution in [2.45, 2.75) is 64.5 Å². The van der Waals surface area contributed by atoms with E-state index in [1.54, 1.807) is 0 Å². The van der Waals surface area contributed by atoms with E-state index in [1.807, 2.05) is 6.92 Å². The topological polar surface area (TPSA) is 47.6 Å². The van der Waals surface area contributed by atoms with E-state index in [-0.39, 0.29) is 12.1 Å². The standard InChI is InChI=1S/C15H29NO3/c1-5-16-15(14(17)18-4)9-6-7-13(11-15)19-10-8-12(2)3/h12-13,16H,5-11H2,1-4H3. The first-order chi connectivity index (χ1) is 9.04. The third-order valence-corrected chi connectivity index (χ3v) is 3.85. The van der Waals surface area contributed by atoms with Crippen LogP contribution < -0.4 is 5.32 Å². The maximum atomic E-state index is 12.1. The van der Waals surface area contributed by atoms with Crippen LogP contribution in [0, 0.1) is 5.92 Å². The Labute approximate surface area is 117 Å². The molecule has 0 aromatic heterocycles. The molecule has 4 nitrogen and oxygen atoms in total. The van der Waals surface area contributed by atoms with Gasteiger partial charge in [0.2, 0.25) is 0 Å². The Balaban J connectivity index is 2.56. The third kappa shape index (κ3) is 4.77. The van der Waals surface area contributed by atoms with Crippen molar-refractivity contribution in [2.24, 2.45) is 5.92 Å². The number of hydrogen-bond acceptors (Lipinski definition) is 4. The lowest BCUT2D eigenvalue weighted by Gasteiger charge is -2.39. The Kier molecular flexibility index (Phi) is 6.80. The largest absolute Gasteiger partial charge is 0.468 e. The summed E-state index contributed by atoms with van der Waals surface area (Å²) in [6, 6.07) is 0. The molecule has 1 aliphatic carbocycles. The summed E-state index contributed by atoms with van der Waals surface area (Å²) in [5.74, 6) is 0.509. The molecule has 0 saturated heterocycles. The van der Waals surface area contributed by atoms with Crippen LogP contribution in [-0.4, -0.2) is 37.9 Å². The second kappa shape index (κ2) is 7.85. The Hall–Kier alpha value is -0.610. The van der Waals surface area contributed by atoms with Crippen molar-refractivity contribution in [3.05, 3.63) is 0 Å². The van der Waals surface area contributed by atoms with Gasteiger partial charge in [-0.2, -0.15) is 0 Å². The average molecular weight is 271 g/mol. The molecule has 1 saturated carbocycles. The predicted octanol–water partition coefficient (Wildman–Crippen LogP) is 2.51. The lowest BCUT2D eigenvalue weighted by atomic mass is 9.80. The predicted molar refractivity (Wildman–Crippen MR) is 76.1 cm³/mol. The van der Waals surface area contributed by atoms with E-state index in [1.165, 1.54) is 7.11 Å². The maximum absolute atomic E-state index is 12.1. The highest BCUT2D eigenvalue weighted by atomic mass is 16.5. The molecule has 2 unspecified atom stereocenters. The third-order valence-electron chi connectivity index (χ3n) is 3.85. The summed E-state index contributed by atoms with van der Waals surface area (Å²) in [5.41, 5.74) is -0.537. The van der Waals surface area contributed by atoms with E-state index in [9.17, 15) is 4.79 Å². The molecule has 0 spiro atoms. The first-order valence-corrected chi connectivity index (χ1v) is 7.49. The van der Waals surface area contributed by atoms with Gasteiger partial charge >= 0.3 is 5.97 Å². The minimum absolute atomic E-state index is 0.147. The number of methoxy groups -OCH3 is 1. The van der Waals surface area contributed by atoms with Gasteiger partial charge in [0.15, 0.2) is 0 Å². The molecular weight excluding hydrogens is 242 g/mol. The van der Waals surface area contributed by atoms with Crippen molar-refractivity contribution in [3.8, 4) is 0 Å². The van der Waals surface area contributed by atoms with E-state index < -0.39 is 5.54 Å². The highest BCUT2D eigenvalue weighted by Crippen LogP contribution is 2.31. The Morgan fingerprint density at radius 1 is 1.47 bits per heavy atom. The summed E-state index contributed by atoms with van der Waals surface area (Å²) < 4.78 is 10.9. The summed E-state index contributed by atoms with van der Waals surface area (Å²) in [6.45, 7) is 7.97. The van der Waals surface area contributed by atoms with Crippen LogP contribution >= 0.6 is 0 Å². The van der Waals surface area contributed by atoms with Crippen LogP contribution in [0.15, 0.2) is 0 Å². The van der Waals surface area contributed by atoms with Gasteiger partial charge in [0.05, 0.1) is 13.2 Å². The van der Waals surface area contributed by atoms with E-state index in [4.69, 9.17) is 9.47 Å². The van der Waals surface area contributed by atoms with Crippen LogP contribution in [0.25, 0.3) is 0 Å². The van der Waals surface area contributed by atoms with Gasteiger partial charge in [-0.1, -0.05) is 20.8 Å². The SMILES string of the molecule is CCNC1(C(=O)OC)CCCC(OCCC(C)C)C1. The Bertz CT molecular complexity index is 277. The number of hydrogen-bond donors (Lipinski definition) is 1. The molecule has 1 N–H and O–H groups in total. The van der Waals surface area contributed by atoms with Gasteiger partial charge in [-0.3, -0.25) is 4.79 Å². The van der Waals surface area contributed by atoms with Crippen LogP contribution in [-0.2, 0) is 14.3 Å². The summed E-state index contributed by atoms with van der Waals surface area (Å²) in [4.78, 5) is 12.1. The van der Waals surface area contributed by atoms with Gasteiger partial charge < -0.3 is 14.8 Å². The lowest BCUT2D eigenvalue weighted by molar-refractivity contribution is -0.153. The van der Waals surface area contributed by atoms with Crippen molar-refractivity contribution >= 4 is 5.97 Å². The fraction of sp³-hybridized carbons (Fsp3) is 0.933. The van der Waals surface area contributed by atoms with Crippen molar-refractivity contribution < 1.29 is 14.3 Å². The van der Waals surface area contributed by atoms with E-state index >= 15 is 0 Å². The summed E-state index contributed by atoms with van der Waals surface area (Å²) >= 11 is 0. The molecule has 0 aromatic rings. The summed E-state index contributed by atoms with van der Waals surface area (Å²) in [5, 5.41) is 3.32. The molecule has 0 radical (unpaired) electrons. The average Bonchev–Trinajstić information content (AvgIpc) is 2.38. The van der Waals surface area contributed by atoms with Gasteiger partial charge in [0, 0.05) is 13.0 Å². The molecule has 1 aliphatic rings. The van der Waals surface area contributed by atoms with Crippen molar-refractivity contribution in [1.82, 2.24) is 5.32 Å². The smallest absolute Gasteiger partial charge is 0.326 e. The first kappa shape index (κ1) is 16.4. The monoisotopic (exact) mass is 271 g/mol. The van der Waals surface area contributed by atoms with Crippen molar-refractivity contribution in [1.29, 1.82) is 0 Å². The molecule has 4 heteroatoms. The lowest BCUT2D eigenvalue weighted by Crippen LogP contribution is -2.56. The number of carbonyl (C=O) groups is 1. The quantitative estimate of drug-likeness (QED) is 0.723. The van der Waals surface area contributed by atoms with Crippen LogP contribution in [0.2, 0.25) is 0 Å². The second-order valence-corrected chi connectivity index (χ2v) is 5.88. The minimum Gasteiger partial charge on any atom is -0.468 e. The van der Waals surface area contributed by atoms with Gasteiger partial charge in [-0.25, -0.2) is 0 Å². The number of carbonyl (C=O) groups excluding carboxylic acids is 1. The first-order valence-electron chi connectivity index (χ1n) is 7.49. The Morgan fingerprint density at radius 3 is 2.79 bits per heavy atom. The molecule has 112 valence electrons. The normalized spacial score (nSPS) is 27.5. The molecular formula is C15H29NO3. The molecule has 0 bridgehead atoms. The van der Waals surface area contributed by atoms with Crippen LogP contribution in [0.4, 0.5) is 0 Å². The molecule has 19 heavy (non-hydrogen) atoms. The molecule has 0 heterocycles. The van der Waals surface area contributed by atoms with Gasteiger partial charge in [-0.15, -0.1) is 0 Å². The van der Waals surface area contributed by atoms with E-state index in [2.05, 4.69) is 19.2 Å². The minimum atomic E-state index is -0.537. The maximum Gasteiger partial charge on any atom is 0.326 e. The molecule has 1 rings (SSSR count). The van der Waals surface area contributed by atoms with E-state index in [0.29, 0.717) is 5.92 Å². The van der Waals surface area contributed by atoms with Crippen LogP contribution in [0.3, 0.4) is 0 Å². The summed E-state index contributed by atoms with van der Waals surface area (Å²) in [7, 11) is 1.46. The number of ether oxygens (including phenoxy) is 2. The van der Waals surface area contributed by atoms with Crippen molar-refractivity contribution in [2.75, 3.05) is 20.3 Å². The number of likely N-dealkylation sites (N-methyl/N-ethyl adjacent to an activating group) is 1. The zero-order valence-electron chi connectivity index (χ0n) is 12.8. The van der Waals surface area contributed by atoms with Gasteiger partial charge in [-0.05, 0) is 38.1 Å². The molecule has 2 atom stereocenters. The number of rotatable bonds is 7. The number of nitrogens with one attached hydrogen (secondary N) is 1. The van der Waals surface area contributed by atoms with Gasteiger partial charge in [0.25, 0.3) is 0 Å². The highest BCUT2D eigenvalue weighted by molar-refractivity contribution is 5.81. The second-order valence-electron chi connectivity index (χ2n) is 5.88. The Morgan fingerprint density at radius 2 is 2.21 bits per heavy atom. The fourth-order valence-electron chi connectivity index (χ4n) is 2.79. The molecule has 0 aromatic carbocycles. The molecule has 0 amide bonds. The number of esters is 1. The van der Waals surface area contributed by atoms with Crippen LogP contribution in [0.1, 0.15) is 52.9 Å². The molecule has 0 aliphatic heterocycles. The molecule has 1 fully saturated rings. The van der Waals surface area contributed by atoms with Crippen molar-refractivity contribution in [3.63, 3.8) is 0 Å². The zero-order valence-corrected chi connectivity index (χ0v) is 12.8. The zero-order chi connectivity index (χ0) is 14.3. The highest BCUT2D eigenvalue weighted by Gasteiger charge is 2.43. The van der Waals surface area contributed by atoms with E-state index in [0.717, 1.165) is 45.3 Å². The summed E-state index contributed by atoms with van der Waals surface area (Å²) in [6.07, 6.45) is 4.87.